The zero-order valence-electron chi connectivity index (χ0n) is 13.4. The molecule has 0 saturated carbocycles. The predicted molar refractivity (Wildman–Crippen MR) is 87.3 cm³/mol. The summed E-state index contributed by atoms with van der Waals surface area (Å²) in [6, 6.07) is 7.14. The van der Waals surface area contributed by atoms with Crippen molar-refractivity contribution in [3.63, 3.8) is 0 Å². The van der Waals surface area contributed by atoms with E-state index in [9.17, 15) is 4.79 Å². The average Bonchev–Trinajstić information content (AvgIpc) is 3.10. The largest absolute Gasteiger partial charge is 0.496 e. The number of nitrogens with one attached hydrogen (secondary N) is 2. The molecule has 0 aliphatic heterocycles. The van der Waals surface area contributed by atoms with Crippen LogP contribution in [0.4, 0.5) is 5.82 Å². The summed E-state index contributed by atoms with van der Waals surface area (Å²) < 4.78 is 12.4. The van der Waals surface area contributed by atoms with Crippen LogP contribution in [0.3, 0.4) is 0 Å². The quantitative estimate of drug-likeness (QED) is 0.775. The second kappa shape index (κ2) is 5.68. The highest BCUT2D eigenvalue weighted by Gasteiger charge is 2.16. The summed E-state index contributed by atoms with van der Waals surface area (Å²) >= 11 is 0. The fourth-order valence-electron chi connectivity index (χ4n) is 2.44. The van der Waals surface area contributed by atoms with E-state index in [2.05, 4.69) is 15.4 Å². The van der Waals surface area contributed by atoms with Crippen molar-refractivity contribution in [2.45, 2.75) is 6.92 Å². The smallest absolute Gasteiger partial charge is 0.273 e. The molecule has 0 fully saturated rings. The third-order valence-electron chi connectivity index (χ3n) is 3.76. The SMILES string of the molecule is COc1ccc(OC)c2[nH]c(C(=O)Nc3cc(C)n(C)n3)cc12. The van der Waals surface area contributed by atoms with Crippen molar-refractivity contribution < 1.29 is 14.3 Å². The van der Waals surface area contributed by atoms with Crippen LogP contribution in [0.25, 0.3) is 10.9 Å². The molecule has 23 heavy (non-hydrogen) atoms. The fraction of sp³-hybridized carbons (Fsp3) is 0.250. The summed E-state index contributed by atoms with van der Waals surface area (Å²) in [7, 11) is 4.99. The molecule has 3 rings (SSSR count). The number of fused-ring (bicyclic) bond motifs is 1. The van der Waals surface area contributed by atoms with Gasteiger partial charge in [0.15, 0.2) is 5.82 Å². The molecule has 7 nitrogen and oxygen atoms in total. The van der Waals surface area contributed by atoms with E-state index in [1.807, 2.05) is 20.0 Å². The number of benzene rings is 1. The number of methoxy groups -OCH3 is 2. The zero-order chi connectivity index (χ0) is 16.6. The molecule has 2 aromatic heterocycles. The van der Waals surface area contributed by atoms with Crippen LogP contribution in [0.1, 0.15) is 16.2 Å². The van der Waals surface area contributed by atoms with Gasteiger partial charge in [0, 0.05) is 24.2 Å². The molecule has 120 valence electrons. The Morgan fingerprint density at radius 2 is 1.91 bits per heavy atom. The minimum Gasteiger partial charge on any atom is -0.496 e. The number of carbonyl (C=O) groups is 1. The Kier molecular flexibility index (Phi) is 3.69. The van der Waals surface area contributed by atoms with Gasteiger partial charge in [-0.2, -0.15) is 5.10 Å². The van der Waals surface area contributed by atoms with Crippen molar-refractivity contribution in [3.8, 4) is 11.5 Å². The number of nitrogens with zero attached hydrogens (tertiary/aromatic N) is 2. The summed E-state index contributed by atoms with van der Waals surface area (Å²) in [5.74, 6) is 1.55. The van der Waals surface area contributed by atoms with Crippen LogP contribution < -0.4 is 14.8 Å². The third-order valence-corrected chi connectivity index (χ3v) is 3.76. The molecule has 0 unspecified atom stereocenters. The number of H-pyrrole nitrogens is 1. The van der Waals surface area contributed by atoms with Gasteiger partial charge >= 0.3 is 0 Å². The monoisotopic (exact) mass is 314 g/mol. The first kappa shape index (κ1) is 15.0. The molecule has 2 N–H and O–H groups in total. The lowest BCUT2D eigenvalue weighted by Crippen LogP contribution is -2.12. The molecule has 0 spiro atoms. The number of aromatic nitrogens is 3. The third kappa shape index (κ3) is 2.61. The molecular weight excluding hydrogens is 296 g/mol. The van der Waals surface area contributed by atoms with Crippen molar-refractivity contribution >= 4 is 22.6 Å². The minimum atomic E-state index is -0.275. The topological polar surface area (TPSA) is 81.2 Å². The zero-order valence-corrected chi connectivity index (χ0v) is 13.4. The first-order valence-electron chi connectivity index (χ1n) is 7.09. The van der Waals surface area contributed by atoms with E-state index in [4.69, 9.17) is 9.47 Å². The Hall–Kier alpha value is -2.96. The number of rotatable bonds is 4. The van der Waals surface area contributed by atoms with Crippen LogP contribution in [-0.4, -0.2) is 34.9 Å². The lowest BCUT2D eigenvalue weighted by atomic mass is 10.2. The van der Waals surface area contributed by atoms with Gasteiger partial charge in [-0.3, -0.25) is 9.48 Å². The van der Waals surface area contributed by atoms with Crippen LogP contribution in [0, 0.1) is 6.92 Å². The van der Waals surface area contributed by atoms with Gasteiger partial charge in [-0.1, -0.05) is 0 Å². The summed E-state index contributed by atoms with van der Waals surface area (Å²) in [4.78, 5) is 15.5. The lowest BCUT2D eigenvalue weighted by molar-refractivity contribution is 0.102. The van der Waals surface area contributed by atoms with Crippen molar-refractivity contribution in [3.05, 3.63) is 35.7 Å². The number of ether oxygens (including phenoxy) is 2. The van der Waals surface area contributed by atoms with Crippen LogP contribution >= 0.6 is 0 Å². The minimum absolute atomic E-state index is 0.275. The molecule has 0 radical (unpaired) electrons. The number of aromatic amines is 1. The maximum absolute atomic E-state index is 12.4. The molecule has 1 aromatic carbocycles. The highest BCUT2D eigenvalue weighted by atomic mass is 16.5. The number of hydrogen-bond donors (Lipinski definition) is 2. The fourth-order valence-corrected chi connectivity index (χ4v) is 2.44. The van der Waals surface area contributed by atoms with Gasteiger partial charge in [-0.05, 0) is 25.1 Å². The van der Waals surface area contributed by atoms with E-state index >= 15 is 0 Å². The number of hydrogen-bond acceptors (Lipinski definition) is 4. The van der Waals surface area contributed by atoms with E-state index in [0.717, 1.165) is 11.1 Å². The van der Waals surface area contributed by atoms with Crippen molar-refractivity contribution in [1.29, 1.82) is 0 Å². The van der Waals surface area contributed by atoms with Crippen LogP contribution in [0.5, 0.6) is 11.5 Å². The van der Waals surface area contributed by atoms with Gasteiger partial charge in [-0.25, -0.2) is 0 Å². The number of amides is 1. The van der Waals surface area contributed by atoms with Gasteiger partial charge in [0.25, 0.3) is 5.91 Å². The number of carbonyl (C=O) groups excluding carboxylic acids is 1. The van der Waals surface area contributed by atoms with Crippen LogP contribution in [0.15, 0.2) is 24.3 Å². The maximum Gasteiger partial charge on any atom is 0.273 e. The first-order chi connectivity index (χ1) is 11.0. The van der Waals surface area contributed by atoms with Gasteiger partial charge in [0.05, 0.1) is 19.7 Å². The van der Waals surface area contributed by atoms with E-state index in [1.54, 1.807) is 37.1 Å². The van der Waals surface area contributed by atoms with Crippen LogP contribution in [-0.2, 0) is 7.05 Å². The van der Waals surface area contributed by atoms with E-state index in [0.29, 0.717) is 28.5 Å². The first-order valence-corrected chi connectivity index (χ1v) is 7.09. The second-order valence-corrected chi connectivity index (χ2v) is 5.19. The molecule has 0 aliphatic rings. The molecule has 0 aliphatic carbocycles. The normalized spacial score (nSPS) is 10.8. The summed E-state index contributed by atoms with van der Waals surface area (Å²) in [5.41, 5.74) is 2.08. The summed E-state index contributed by atoms with van der Waals surface area (Å²) in [5, 5.41) is 7.78. The standard InChI is InChI=1S/C16H18N4O3/c1-9-7-14(19-20(9)2)18-16(21)11-8-10-12(22-3)5-6-13(23-4)15(10)17-11/h5-8,17H,1-4H3,(H,18,19,21). The van der Waals surface area contributed by atoms with E-state index < -0.39 is 0 Å². The Balaban J connectivity index is 1.97. The molecular formula is C16H18N4O3. The van der Waals surface area contributed by atoms with E-state index in [-0.39, 0.29) is 5.91 Å². The second-order valence-electron chi connectivity index (χ2n) is 5.19. The van der Waals surface area contributed by atoms with Crippen molar-refractivity contribution in [1.82, 2.24) is 14.8 Å². The van der Waals surface area contributed by atoms with Gasteiger partial charge in [0.2, 0.25) is 0 Å². The maximum atomic E-state index is 12.4. The highest BCUT2D eigenvalue weighted by Crippen LogP contribution is 2.33. The molecule has 3 aromatic rings. The molecule has 2 heterocycles. The summed E-state index contributed by atoms with van der Waals surface area (Å²) in [6.45, 7) is 1.92. The highest BCUT2D eigenvalue weighted by molar-refractivity contribution is 6.07. The Bertz CT molecular complexity index is 818. The average molecular weight is 314 g/mol. The van der Waals surface area contributed by atoms with Gasteiger partial charge in [0.1, 0.15) is 17.2 Å². The molecule has 0 atom stereocenters. The number of aryl methyl sites for hydroxylation is 2. The van der Waals surface area contributed by atoms with Crippen molar-refractivity contribution in [2.75, 3.05) is 19.5 Å². The summed E-state index contributed by atoms with van der Waals surface area (Å²) in [6.07, 6.45) is 0. The Morgan fingerprint density at radius 3 is 2.52 bits per heavy atom. The molecule has 1 amide bonds. The Labute approximate surface area is 133 Å². The van der Waals surface area contributed by atoms with Crippen LogP contribution in [0.2, 0.25) is 0 Å². The molecule has 7 heteroatoms. The Morgan fingerprint density at radius 1 is 1.22 bits per heavy atom. The predicted octanol–water partition coefficient (Wildman–Crippen LogP) is 2.48. The molecule has 0 bridgehead atoms. The van der Waals surface area contributed by atoms with E-state index in [1.165, 1.54) is 0 Å². The molecule has 0 saturated heterocycles. The number of anilines is 1. The van der Waals surface area contributed by atoms with Crippen molar-refractivity contribution in [2.24, 2.45) is 7.05 Å². The van der Waals surface area contributed by atoms with Gasteiger partial charge < -0.3 is 19.8 Å². The van der Waals surface area contributed by atoms with Gasteiger partial charge in [-0.15, -0.1) is 0 Å². The lowest BCUT2D eigenvalue weighted by Gasteiger charge is -2.05.